The lowest BCUT2D eigenvalue weighted by Gasteiger charge is -2.17. The Morgan fingerprint density at radius 3 is 2.18 bits per heavy atom. The van der Waals surface area contributed by atoms with Gasteiger partial charge >= 0.3 is 0 Å². The van der Waals surface area contributed by atoms with Crippen molar-refractivity contribution >= 4 is 75.7 Å². The maximum atomic E-state index is 4.56. The fourth-order valence-corrected chi connectivity index (χ4v) is 4.99. The lowest BCUT2D eigenvalue weighted by Crippen LogP contribution is -1.96. The van der Waals surface area contributed by atoms with Crippen LogP contribution in [0.3, 0.4) is 0 Å². The number of aromatic nitrogens is 2. The molecular weight excluding hydrogens is 472 g/mol. The molecule has 0 aliphatic carbocycles. The summed E-state index contributed by atoms with van der Waals surface area (Å²) in [6.07, 6.45) is 4.27. The first-order chi connectivity index (χ1) is 10.4. The quantitative estimate of drug-likeness (QED) is 0.395. The number of halogens is 3. The number of rotatable bonds is 1. The Labute approximate surface area is 154 Å². The summed E-state index contributed by atoms with van der Waals surface area (Å²) in [6, 6.07) is 0. The Kier molecular flexibility index (Phi) is 4.25. The Morgan fingerprint density at radius 1 is 0.909 bits per heavy atom. The molecule has 1 aromatic heterocycles. The van der Waals surface area contributed by atoms with Gasteiger partial charge in [-0.1, -0.05) is 12.2 Å². The van der Waals surface area contributed by atoms with Gasteiger partial charge in [0.25, 0.3) is 0 Å². The second-order valence-corrected chi connectivity index (χ2v) is 7.75. The van der Waals surface area contributed by atoms with E-state index in [0.717, 1.165) is 24.7 Å². The molecule has 0 atom stereocenters. The van der Waals surface area contributed by atoms with Gasteiger partial charge in [0.15, 0.2) is 4.73 Å². The van der Waals surface area contributed by atoms with E-state index >= 15 is 0 Å². The van der Waals surface area contributed by atoms with Crippen LogP contribution < -0.4 is 0 Å². The molecule has 0 amide bonds. The van der Waals surface area contributed by atoms with E-state index in [0.29, 0.717) is 0 Å². The van der Waals surface area contributed by atoms with Crippen LogP contribution in [0.5, 0.6) is 0 Å². The lowest BCUT2D eigenvalue weighted by atomic mass is 9.90. The Bertz CT molecular complexity index is 952. The minimum absolute atomic E-state index is 0.736. The van der Waals surface area contributed by atoms with Crippen molar-refractivity contribution in [1.82, 2.24) is 9.97 Å². The third-order valence-electron chi connectivity index (χ3n) is 4.25. The van der Waals surface area contributed by atoms with Crippen molar-refractivity contribution in [1.29, 1.82) is 0 Å². The number of H-pyrrole nitrogens is 1. The SMILES string of the molecule is C/C=C/c1c(C)c(C)c2c(Br)c3[nH]c(Br)nc3c(Br)c2c1C. The Balaban J connectivity index is 2.67. The number of aromatic amines is 1. The monoisotopic (exact) mass is 484 g/mol. The first kappa shape index (κ1) is 16.2. The van der Waals surface area contributed by atoms with E-state index in [1.807, 2.05) is 0 Å². The van der Waals surface area contributed by atoms with Crippen LogP contribution in [0, 0.1) is 20.8 Å². The second-order valence-electron chi connectivity index (χ2n) is 5.42. The largest absolute Gasteiger partial charge is 0.332 e. The molecule has 5 heteroatoms. The molecule has 3 aromatic rings. The van der Waals surface area contributed by atoms with Gasteiger partial charge in [0.1, 0.15) is 5.52 Å². The minimum Gasteiger partial charge on any atom is -0.332 e. The molecule has 0 saturated heterocycles. The lowest BCUT2D eigenvalue weighted by molar-refractivity contribution is 1.26. The zero-order valence-corrected chi connectivity index (χ0v) is 17.5. The Hall–Kier alpha value is -0.650. The number of aryl methyl sites for hydroxylation is 2. The first-order valence-corrected chi connectivity index (χ1v) is 9.34. The summed E-state index contributed by atoms with van der Waals surface area (Å²) in [5.41, 5.74) is 7.09. The molecule has 0 aliphatic rings. The van der Waals surface area contributed by atoms with E-state index in [1.165, 1.54) is 33.0 Å². The molecule has 0 unspecified atom stereocenters. The fraction of sp³-hybridized carbons (Fsp3) is 0.235. The summed E-state index contributed by atoms with van der Waals surface area (Å²) in [5, 5.41) is 2.45. The van der Waals surface area contributed by atoms with Crippen molar-refractivity contribution in [2.24, 2.45) is 0 Å². The highest BCUT2D eigenvalue weighted by atomic mass is 79.9. The van der Waals surface area contributed by atoms with Gasteiger partial charge in [-0.15, -0.1) is 0 Å². The van der Waals surface area contributed by atoms with Crippen LogP contribution in [0.15, 0.2) is 19.8 Å². The van der Waals surface area contributed by atoms with Crippen molar-refractivity contribution in [2.75, 3.05) is 0 Å². The van der Waals surface area contributed by atoms with E-state index in [9.17, 15) is 0 Å². The molecule has 22 heavy (non-hydrogen) atoms. The molecule has 2 aromatic carbocycles. The van der Waals surface area contributed by atoms with Gasteiger partial charge in [0.2, 0.25) is 0 Å². The Morgan fingerprint density at radius 2 is 1.55 bits per heavy atom. The molecule has 114 valence electrons. The van der Waals surface area contributed by atoms with Gasteiger partial charge in [-0.2, -0.15) is 0 Å². The van der Waals surface area contributed by atoms with Crippen LogP contribution in [0.25, 0.3) is 27.9 Å². The highest BCUT2D eigenvalue weighted by Crippen LogP contribution is 2.43. The molecule has 3 rings (SSSR count). The highest BCUT2D eigenvalue weighted by Gasteiger charge is 2.20. The number of hydrogen-bond donors (Lipinski definition) is 1. The predicted octanol–water partition coefficient (Wildman–Crippen LogP) is 6.96. The molecule has 1 N–H and O–H groups in total. The maximum absolute atomic E-state index is 4.56. The zero-order chi connectivity index (χ0) is 16.2. The van der Waals surface area contributed by atoms with Crippen molar-refractivity contribution < 1.29 is 0 Å². The summed E-state index contributed by atoms with van der Waals surface area (Å²) in [6.45, 7) is 8.59. The molecule has 0 saturated carbocycles. The van der Waals surface area contributed by atoms with Crippen LogP contribution >= 0.6 is 47.8 Å². The van der Waals surface area contributed by atoms with E-state index < -0.39 is 0 Å². The summed E-state index contributed by atoms with van der Waals surface area (Å²) in [5.74, 6) is 0. The average molecular weight is 487 g/mol. The first-order valence-electron chi connectivity index (χ1n) is 6.96. The van der Waals surface area contributed by atoms with E-state index in [1.54, 1.807) is 0 Å². The van der Waals surface area contributed by atoms with Crippen LogP contribution in [-0.2, 0) is 0 Å². The average Bonchev–Trinajstić information content (AvgIpc) is 2.87. The summed E-state index contributed by atoms with van der Waals surface area (Å²) in [4.78, 5) is 7.84. The molecule has 0 bridgehead atoms. The molecule has 0 spiro atoms. The number of imidazole rings is 1. The van der Waals surface area contributed by atoms with Crippen LogP contribution in [-0.4, -0.2) is 9.97 Å². The van der Waals surface area contributed by atoms with Gasteiger partial charge in [-0.25, -0.2) is 4.98 Å². The van der Waals surface area contributed by atoms with Gasteiger partial charge in [-0.3, -0.25) is 0 Å². The number of nitrogens with zero attached hydrogens (tertiary/aromatic N) is 1. The molecule has 0 fully saturated rings. The van der Waals surface area contributed by atoms with Gasteiger partial charge in [-0.05, 0) is 97.7 Å². The molecule has 0 aliphatic heterocycles. The van der Waals surface area contributed by atoms with Crippen molar-refractivity contribution in [3.63, 3.8) is 0 Å². The summed E-state index contributed by atoms with van der Waals surface area (Å²) in [7, 11) is 0. The zero-order valence-electron chi connectivity index (χ0n) is 12.7. The van der Waals surface area contributed by atoms with E-state index in [2.05, 4.69) is 97.6 Å². The highest BCUT2D eigenvalue weighted by molar-refractivity contribution is 9.11. The van der Waals surface area contributed by atoms with E-state index in [4.69, 9.17) is 0 Å². The van der Waals surface area contributed by atoms with Crippen LogP contribution in [0.1, 0.15) is 29.2 Å². The van der Waals surface area contributed by atoms with Crippen molar-refractivity contribution in [3.8, 4) is 0 Å². The van der Waals surface area contributed by atoms with Crippen LogP contribution in [0.4, 0.5) is 0 Å². The number of hydrogen-bond acceptors (Lipinski definition) is 1. The molecule has 0 radical (unpaired) electrons. The summed E-state index contributed by atoms with van der Waals surface area (Å²) < 4.78 is 2.84. The third kappa shape index (κ3) is 2.21. The fourth-order valence-electron chi connectivity index (χ4n) is 3.05. The van der Waals surface area contributed by atoms with Gasteiger partial charge < -0.3 is 4.98 Å². The topological polar surface area (TPSA) is 28.7 Å². The van der Waals surface area contributed by atoms with Gasteiger partial charge in [0.05, 0.1) is 14.5 Å². The van der Waals surface area contributed by atoms with Crippen molar-refractivity contribution in [2.45, 2.75) is 27.7 Å². The predicted molar refractivity (Wildman–Crippen MR) is 106 cm³/mol. The van der Waals surface area contributed by atoms with E-state index in [-0.39, 0.29) is 0 Å². The maximum Gasteiger partial charge on any atom is 0.175 e. The minimum atomic E-state index is 0.736. The second kappa shape index (κ2) is 5.77. The number of nitrogens with one attached hydrogen (secondary N) is 1. The smallest absolute Gasteiger partial charge is 0.175 e. The molecular formula is C17H15Br3N2. The standard InChI is InChI=1S/C17H15Br3N2/c1-5-6-10-7(2)8(3)11-12(9(10)4)14(19)16-15(13(11)18)21-17(20)22-16/h5-6H,1-4H3,(H,21,22)/b6-5+. The number of benzene rings is 2. The van der Waals surface area contributed by atoms with Crippen LogP contribution in [0.2, 0.25) is 0 Å². The molecule has 2 nitrogen and oxygen atoms in total. The molecule has 1 heterocycles. The number of allylic oxidation sites excluding steroid dienone is 1. The summed E-state index contributed by atoms with van der Waals surface area (Å²) >= 11 is 11.0. The van der Waals surface area contributed by atoms with Gasteiger partial charge in [0, 0.05) is 10.8 Å². The normalized spacial score (nSPS) is 12.1. The van der Waals surface area contributed by atoms with Crippen molar-refractivity contribution in [3.05, 3.63) is 42.0 Å². The number of fused-ring (bicyclic) bond motifs is 2. The third-order valence-corrected chi connectivity index (χ3v) is 6.19.